The number of nitrogens with one attached hydrogen (secondary N) is 2. The van der Waals surface area contributed by atoms with Crippen molar-refractivity contribution in [2.45, 2.75) is 50.1 Å². The molecule has 2 aliphatic carbocycles. The Morgan fingerprint density at radius 3 is 2.71 bits per heavy atom. The molecule has 5 heteroatoms. The molecule has 2 N–H and O–H groups in total. The molecule has 0 aromatic carbocycles. The van der Waals surface area contributed by atoms with Crippen molar-refractivity contribution in [1.29, 1.82) is 0 Å². The van der Waals surface area contributed by atoms with Gasteiger partial charge < -0.3 is 10.6 Å². The van der Waals surface area contributed by atoms with Crippen LogP contribution in [0.25, 0.3) is 0 Å². The Hall–Kier alpha value is -1.75. The molecule has 1 fully saturated rings. The Morgan fingerprint density at radius 1 is 1.24 bits per heavy atom. The molecular weight excluding hydrogens is 264 g/mol. The Bertz CT molecular complexity index is 539. The maximum atomic E-state index is 12.4. The average molecular weight is 286 g/mol. The summed E-state index contributed by atoms with van der Waals surface area (Å²) in [5.74, 6) is 0.474. The fourth-order valence-corrected chi connectivity index (χ4v) is 2.80. The van der Waals surface area contributed by atoms with Gasteiger partial charge in [-0.1, -0.05) is 12.2 Å². The van der Waals surface area contributed by atoms with Gasteiger partial charge in [-0.25, -0.2) is 0 Å². The molecule has 0 aliphatic heterocycles. The molecule has 1 aromatic rings. The zero-order chi connectivity index (χ0) is 14.7. The summed E-state index contributed by atoms with van der Waals surface area (Å²) in [6, 6.07) is 2.46. The molecule has 1 aromatic heterocycles. The third-order valence-corrected chi connectivity index (χ3v) is 4.28. The SMILES string of the molecule is CN[C@H]1CC=CC[C@@H](NC(=O)c2cc(C3CC3)cnn2)C1. The largest absolute Gasteiger partial charge is 0.348 e. The predicted octanol–water partition coefficient (Wildman–Crippen LogP) is 1.78. The minimum atomic E-state index is -0.111. The van der Waals surface area contributed by atoms with Gasteiger partial charge in [0.1, 0.15) is 0 Å². The first-order valence-electron chi connectivity index (χ1n) is 7.72. The van der Waals surface area contributed by atoms with Crippen LogP contribution in [-0.4, -0.2) is 35.2 Å². The number of rotatable bonds is 4. The summed E-state index contributed by atoms with van der Waals surface area (Å²) < 4.78 is 0. The number of carbonyl (C=O) groups excluding carboxylic acids is 1. The van der Waals surface area contributed by atoms with Crippen LogP contribution in [0.2, 0.25) is 0 Å². The number of carbonyl (C=O) groups is 1. The first-order chi connectivity index (χ1) is 10.3. The van der Waals surface area contributed by atoms with Crippen LogP contribution in [0.3, 0.4) is 0 Å². The van der Waals surface area contributed by atoms with Crippen LogP contribution in [0, 0.1) is 0 Å². The third-order valence-electron chi connectivity index (χ3n) is 4.28. The van der Waals surface area contributed by atoms with Crippen LogP contribution in [0.5, 0.6) is 0 Å². The van der Waals surface area contributed by atoms with Crippen LogP contribution in [0.4, 0.5) is 0 Å². The summed E-state index contributed by atoms with van der Waals surface area (Å²) in [5.41, 5.74) is 1.58. The molecule has 0 saturated heterocycles. The minimum absolute atomic E-state index is 0.111. The highest BCUT2D eigenvalue weighted by atomic mass is 16.2. The van der Waals surface area contributed by atoms with Crippen LogP contribution in [-0.2, 0) is 0 Å². The number of hydrogen-bond acceptors (Lipinski definition) is 4. The van der Waals surface area contributed by atoms with E-state index < -0.39 is 0 Å². The summed E-state index contributed by atoms with van der Waals surface area (Å²) in [6.45, 7) is 0. The lowest BCUT2D eigenvalue weighted by Crippen LogP contribution is -2.39. The van der Waals surface area contributed by atoms with Crippen LogP contribution < -0.4 is 10.6 Å². The van der Waals surface area contributed by atoms with E-state index in [-0.39, 0.29) is 11.9 Å². The van der Waals surface area contributed by atoms with Crippen LogP contribution in [0.1, 0.15) is 54.1 Å². The van der Waals surface area contributed by atoms with Crippen molar-refractivity contribution in [3.63, 3.8) is 0 Å². The fourth-order valence-electron chi connectivity index (χ4n) is 2.80. The molecule has 0 bridgehead atoms. The van der Waals surface area contributed by atoms with Gasteiger partial charge in [0.2, 0.25) is 0 Å². The molecule has 2 aliphatic rings. The van der Waals surface area contributed by atoms with Gasteiger partial charge in [0.25, 0.3) is 5.91 Å². The van der Waals surface area contributed by atoms with Crippen molar-refractivity contribution in [3.05, 3.63) is 35.7 Å². The van der Waals surface area contributed by atoms with Gasteiger partial charge >= 0.3 is 0 Å². The molecule has 1 heterocycles. The van der Waals surface area contributed by atoms with Crippen molar-refractivity contribution in [2.24, 2.45) is 0 Å². The van der Waals surface area contributed by atoms with E-state index in [0.29, 0.717) is 17.7 Å². The second-order valence-corrected chi connectivity index (χ2v) is 5.98. The molecule has 112 valence electrons. The quantitative estimate of drug-likeness (QED) is 0.828. The van der Waals surface area contributed by atoms with Gasteiger partial charge in [-0.05, 0) is 56.7 Å². The molecule has 5 nitrogen and oxygen atoms in total. The Kier molecular flexibility index (Phi) is 4.29. The summed E-state index contributed by atoms with van der Waals surface area (Å²) in [5, 5.41) is 14.3. The molecule has 1 amide bonds. The Balaban J connectivity index is 1.65. The second kappa shape index (κ2) is 6.35. The van der Waals surface area contributed by atoms with Gasteiger partial charge in [0, 0.05) is 12.1 Å². The molecule has 3 rings (SSSR count). The highest BCUT2D eigenvalue weighted by Crippen LogP contribution is 2.39. The molecule has 0 radical (unpaired) electrons. The number of aromatic nitrogens is 2. The lowest BCUT2D eigenvalue weighted by Gasteiger charge is -2.20. The Labute approximate surface area is 125 Å². The van der Waals surface area contributed by atoms with Gasteiger partial charge in [-0.3, -0.25) is 4.79 Å². The zero-order valence-corrected chi connectivity index (χ0v) is 12.4. The third kappa shape index (κ3) is 3.67. The summed E-state index contributed by atoms with van der Waals surface area (Å²) >= 11 is 0. The van der Waals surface area contributed by atoms with Gasteiger partial charge in [-0.15, -0.1) is 5.10 Å². The first-order valence-corrected chi connectivity index (χ1v) is 7.72. The van der Waals surface area contributed by atoms with Gasteiger partial charge in [-0.2, -0.15) is 5.10 Å². The van der Waals surface area contributed by atoms with Crippen molar-refractivity contribution >= 4 is 5.91 Å². The van der Waals surface area contributed by atoms with Crippen LogP contribution in [0.15, 0.2) is 24.4 Å². The fraction of sp³-hybridized carbons (Fsp3) is 0.562. The molecule has 1 saturated carbocycles. The van der Waals surface area contributed by atoms with E-state index in [1.807, 2.05) is 13.1 Å². The average Bonchev–Trinajstić information content (AvgIpc) is 3.35. The van der Waals surface area contributed by atoms with Gasteiger partial charge in [0.15, 0.2) is 5.69 Å². The van der Waals surface area contributed by atoms with Gasteiger partial charge in [0.05, 0.1) is 6.20 Å². The molecule has 21 heavy (non-hydrogen) atoms. The van der Waals surface area contributed by atoms with E-state index in [9.17, 15) is 4.79 Å². The number of amides is 1. The topological polar surface area (TPSA) is 66.9 Å². The van der Waals surface area contributed by atoms with E-state index in [1.54, 1.807) is 6.20 Å². The second-order valence-electron chi connectivity index (χ2n) is 5.98. The predicted molar refractivity (Wildman–Crippen MR) is 81.1 cm³/mol. The summed E-state index contributed by atoms with van der Waals surface area (Å²) in [4.78, 5) is 12.4. The molecule has 0 spiro atoms. The smallest absolute Gasteiger partial charge is 0.272 e. The molecule has 0 unspecified atom stereocenters. The van der Waals surface area contributed by atoms with E-state index in [1.165, 1.54) is 12.8 Å². The summed E-state index contributed by atoms with van der Waals surface area (Å²) in [6.07, 6.45) is 11.3. The zero-order valence-electron chi connectivity index (χ0n) is 12.4. The standard InChI is InChI=1S/C16H22N4O/c1-17-13-4-2-3-5-14(9-13)19-16(21)15-8-12(10-18-20-15)11-6-7-11/h2-3,8,10-11,13-14,17H,4-7,9H2,1H3,(H,19,21)/t13-,14+/m0/s1. The normalized spacial score (nSPS) is 25.4. The van der Waals surface area contributed by atoms with E-state index >= 15 is 0 Å². The van der Waals surface area contributed by atoms with E-state index in [2.05, 4.69) is 33.0 Å². The van der Waals surface area contributed by atoms with E-state index in [4.69, 9.17) is 0 Å². The van der Waals surface area contributed by atoms with Crippen molar-refractivity contribution in [2.75, 3.05) is 7.05 Å². The maximum absolute atomic E-state index is 12.4. The molecular formula is C16H22N4O. The summed E-state index contributed by atoms with van der Waals surface area (Å²) in [7, 11) is 1.97. The highest BCUT2D eigenvalue weighted by molar-refractivity contribution is 5.92. The highest BCUT2D eigenvalue weighted by Gasteiger charge is 2.25. The van der Waals surface area contributed by atoms with Crippen LogP contribution >= 0.6 is 0 Å². The minimum Gasteiger partial charge on any atom is -0.348 e. The Morgan fingerprint density at radius 2 is 2.00 bits per heavy atom. The number of hydrogen-bond donors (Lipinski definition) is 2. The van der Waals surface area contributed by atoms with Crippen molar-refractivity contribution in [1.82, 2.24) is 20.8 Å². The van der Waals surface area contributed by atoms with Crippen molar-refractivity contribution in [3.8, 4) is 0 Å². The lowest BCUT2D eigenvalue weighted by molar-refractivity contribution is 0.0927. The maximum Gasteiger partial charge on any atom is 0.272 e. The van der Waals surface area contributed by atoms with Crippen molar-refractivity contribution < 1.29 is 4.79 Å². The molecule has 2 atom stereocenters. The number of nitrogens with zero attached hydrogens (tertiary/aromatic N) is 2. The monoisotopic (exact) mass is 286 g/mol. The lowest BCUT2D eigenvalue weighted by atomic mass is 10.0. The van der Waals surface area contributed by atoms with E-state index in [0.717, 1.165) is 24.8 Å². The first kappa shape index (κ1) is 14.2.